The van der Waals surface area contributed by atoms with Gasteiger partial charge in [0.15, 0.2) is 0 Å². The zero-order valence-electron chi connectivity index (χ0n) is 13.5. The van der Waals surface area contributed by atoms with Crippen LogP contribution in [-0.2, 0) is 20.4 Å². The molecule has 2 rings (SSSR count). The molecule has 0 saturated heterocycles. The molecule has 5 nitrogen and oxygen atoms in total. The Kier molecular flexibility index (Phi) is 5.68. The van der Waals surface area contributed by atoms with Crippen LogP contribution in [0.15, 0.2) is 36.4 Å². The fraction of sp³-hybridized carbons (Fsp3) is 0.250. The molecule has 0 spiro atoms. The van der Waals surface area contributed by atoms with Crippen LogP contribution in [0.3, 0.4) is 0 Å². The van der Waals surface area contributed by atoms with Gasteiger partial charge in [0.2, 0.25) is 5.76 Å². The number of esters is 1. The number of ether oxygens (including phenoxy) is 3. The first-order valence-corrected chi connectivity index (χ1v) is 7.71. The molecule has 0 saturated carbocycles. The molecule has 1 aromatic carbocycles. The topological polar surface area (TPSA) is 57.7 Å². The second-order valence-corrected chi connectivity index (χ2v) is 5.85. The SMILES string of the molecule is CO/C=C(\Oc1cc(-c2ncc(C(F)(F)F)s2)ccc1C)C(=O)OC. The highest BCUT2D eigenvalue weighted by Crippen LogP contribution is 2.37. The van der Waals surface area contributed by atoms with E-state index in [9.17, 15) is 18.0 Å². The molecule has 0 radical (unpaired) electrons. The lowest BCUT2D eigenvalue weighted by Crippen LogP contribution is -2.11. The van der Waals surface area contributed by atoms with Crippen molar-refractivity contribution in [3.05, 3.63) is 46.9 Å². The van der Waals surface area contributed by atoms with Crippen molar-refractivity contribution in [3.8, 4) is 16.3 Å². The van der Waals surface area contributed by atoms with Crippen LogP contribution < -0.4 is 4.74 Å². The lowest BCUT2D eigenvalue weighted by atomic mass is 10.1. The predicted octanol–water partition coefficient (Wildman–Crippen LogP) is 4.18. The van der Waals surface area contributed by atoms with Crippen LogP contribution in [0.5, 0.6) is 5.75 Å². The summed E-state index contributed by atoms with van der Waals surface area (Å²) in [5, 5.41) is 0.188. The van der Waals surface area contributed by atoms with Gasteiger partial charge in [0.25, 0.3) is 0 Å². The Balaban J connectivity index is 2.36. The van der Waals surface area contributed by atoms with Crippen LogP contribution in [0.2, 0.25) is 0 Å². The second kappa shape index (κ2) is 7.56. The van der Waals surface area contributed by atoms with Gasteiger partial charge in [-0.3, -0.25) is 0 Å². The molecule has 0 aliphatic rings. The van der Waals surface area contributed by atoms with Crippen molar-refractivity contribution < 1.29 is 32.2 Å². The van der Waals surface area contributed by atoms with Gasteiger partial charge < -0.3 is 14.2 Å². The first-order valence-electron chi connectivity index (χ1n) is 6.89. The molecule has 25 heavy (non-hydrogen) atoms. The van der Waals surface area contributed by atoms with Gasteiger partial charge >= 0.3 is 12.1 Å². The summed E-state index contributed by atoms with van der Waals surface area (Å²) in [7, 11) is 2.52. The lowest BCUT2D eigenvalue weighted by molar-refractivity contribution is -0.139. The molecule has 0 amide bonds. The first kappa shape index (κ1) is 18.8. The lowest BCUT2D eigenvalue weighted by Gasteiger charge is -2.11. The minimum atomic E-state index is -4.45. The van der Waals surface area contributed by atoms with Gasteiger partial charge in [-0.25, -0.2) is 9.78 Å². The smallest absolute Gasteiger partial charge is 0.427 e. The summed E-state index contributed by atoms with van der Waals surface area (Å²) in [5.41, 5.74) is 1.10. The van der Waals surface area contributed by atoms with Crippen LogP contribution in [0.25, 0.3) is 10.6 Å². The second-order valence-electron chi connectivity index (χ2n) is 4.82. The highest BCUT2D eigenvalue weighted by molar-refractivity contribution is 7.15. The van der Waals surface area contributed by atoms with Crippen LogP contribution in [0, 0.1) is 6.92 Å². The van der Waals surface area contributed by atoms with Crippen molar-refractivity contribution in [2.75, 3.05) is 14.2 Å². The zero-order chi connectivity index (χ0) is 18.6. The molecule has 0 N–H and O–H groups in total. The van der Waals surface area contributed by atoms with Crippen LogP contribution in [-0.4, -0.2) is 25.2 Å². The molecule has 0 atom stereocenters. The molecule has 0 aliphatic carbocycles. The molecular weight excluding hydrogens is 359 g/mol. The number of rotatable bonds is 5. The van der Waals surface area contributed by atoms with E-state index in [0.29, 0.717) is 22.5 Å². The van der Waals surface area contributed by atoms with Crippen molar-refractivity contribution in [2.24, 2.45) is 0 Å². The van der Waals surface area contributed by atoms with E-state index >= 15 is 0 Å². The number of aryl methyl sites for hydroxylation is 1. The summed E-state index contributed by atoms with van der Waals surface area (Å²) in [6, 6.07) is 4.78. The van der Waals surface area contributed by atoms with Gasteiger partial charge in [-0.05, 0) is 18.6 Å². The normalized spacial score (nSPS) is 12.0. The maximum atomic E-state index is 12.7. The van der Waals surface area contributed by atoms with Crippen molar-refractivity contribution in [3.63, 3.8) is 0 Å². The molecule has 0 fully saturated rings. The maximum absolute atomic E-state index is 12.7. The number of nitrogens with zero attached hydrogens (tertiary/aromatic N) is 1. The standard InChI is InChI=1S/C16H14F3NO4S/c1-9-4-5-10(14-20-7-13(25-14)16(17,18)19)6-11(9)24-12(8-22-2)15(21)23-3/h4-8H,1-3H3/b12-8-. The Bertz CT molecular complexity index is 799. The number of methoxy groups -OCH3 is 2. The fourth-order valence-corrected chi connectivity index (χ4v) is 2.60. The van der Waals surface area contributed by atoms with Crippen LogP contribution in [0.1, 0.15) is 10.4 Å². The summed E-state index contributed by atoms with van der Waals surface area (Å²) in [6.45, 7) is 1.73. The molecule has 134 valence electrons. The van der Waals surface area contributed by atoms with E-state index in [1.807, 2.05) is 0 Å². The largest absolute Gasteiger partial charge is 0.500 e. The summed E-state index contributed by atoms with van der Waals surface area (Å²) in [5.74, 6) is -0.671. The van der Waals surface area contributed by atoms with E-state index in [1.54, 1.807) is 19.1 Å². The Labute approximate surface area is 145 Å². The van der Waals surface area contributed by atoms with E-state index in [0.717, 1.165) is 12.5 Å². The Morgan fingerprint density at radius 3 is 2.56 bits per heavy atom. The van der Waals surface area contributed by atoms with Gasteiger partial charge in [-0.1, -0.05) is 12.1 Å². The van der Waals surface area contributed by atoms with Crippen molar-refractivity contribution in [1.29, 1.82) is 0 Å². The minimum Gasteiger partial charge on any atom is -0.500 e. The summed E-state index contributed by atoms with van der Waals surface area (Å²) in [4.78, 5) is 14.7. The average molecular weight is 373 g/mol. The van der Waals surface area contributed by atoms with E-state index in [-0.39, 0.29) is 16.5 Å². The number of hydrogen-bond acceptors (Lipinski definition) is 6. The number of hydrogen-bond donors (Lipinski definition) is 0. The van der Waals surface area contributed by atoms with Gasteiger partial charge in [0.05, 0.1) is 20.4 Å². The number of alkyl halides is 3. The summed E-state index contributed by atoms with van der Waals surface area (Å²) < 4.78 is 53.0. The predicted molar refractivity (Wildman–Crippen MR) is 85.0 cm³/mol. The van der Waals surface area contributed by atoms with E-state index < -0.39 is 17.0 Å². The minimum absolute atomic E-state index is 0.188. The van der Waals surface area contributed by atoms with Crippen LogP contribution >= 0.6 is 11.3 Å². The maximum Gasteiger partial charge on any atom is 0.427 e. The third-order valence-corrected chi connectivity index (χ3v) is 4.14. The van der Waals surface area contributed by atoms with Crippen molar-refractivity contribution in [1.82, 2.24) is 4.98 Å². The van der Waals surface area contributed by atoms with Gasteiger partial charge in [0.1, 0.15) is 21.9 Å². The number of aromatic nitrogens is 1. The molecule has 0 bridgehead atoms. The molecule has 1 heterocycles. The van der Waals surface area contributed by atoms with E-state index in [1.165, 1.54) is 20.3 Å². The summed E-state index contributed by atoms with van der Waals surface area (Å²) in [6.07, 6.45) is -2.59. The first-order chi connectivity index (χ1) is 11.8. The monoisotopic (exact) mass is 373 g/mol. The zero-order valence-corrected chi connectivity index (χ0v) is 14.3. The van der Waals surface area contributed by atoms with Gasteiger partial charge in [0, 0.05) is 5.56 Å². The molecule has 0 unspecified atom stereocenters. The summed E-state index contributed by atoms with van der Waals surface area (Å²) >= 11 is 0.525. The fourth-order valence-electron chi connectivity index (χ4n) is 1.82. The number of benzene rings is 1. The van der Waals surface area contributed by atoms with Crippen molar-refractivity contribution in [2.45, 2.75) is 13.1 Å². The van der Waals surface area contributed by atoms with E-state index in [4.69, 9.17) is 9.47 Å². The Hall–Kier alpha value is -2.55. The van der Waals surface area contributed by atoms with E-state index in [2.05, 4.69) is 9.72 Å². The van der Waals surface area contributed by atoms with Crippen LogP contribution in [0.4, 0.5) is 13.2 Å². The molecule has 2 aromatic rings. The molecular formula is C16H14F3NO4S. The molecule has 1 aromatic heterocycles. The third kappa shape index (κ3) is 4.50. The highest BCUT2D eigenvalue weighted by atomic mass is 32.1. The Morgan fingerprint density at radius 2 is 2.00 bits per heavy atom. The molecule has 9 heteroatoms. The average Bonchev–Trinajstić information content (AvgIpc) is 3.06. The quantitative estimate of drug-likeness (QED) is 0.447. The number of carbonyl (C=O) groups is 1. The highest BCUT2D eigenvalue weighted by Gasteiger charge is 2.33. The van der Waals surface area contributed by atoms with Gasteiger partial charge in [-0.15, -0.1) is 11.3 Å². The number of halogens is 3. The van der Waals surface area contributed by atoms with Crippen molar-refractivity contribution >= 4 is 17.3 Å². The molecule has 0 aliphatic heterocycles. The number of thiazole rings is 1. The Morgan fingerprint density at radius 1 is 1.28 bits per heavy atom. The third-order valence-electron chi connectivity index (χ3n) is 3.05. The number of carbonyl (C=O) groups excluding carboxylic acids is 1. The van der Waals surface area contributed by atoms with Gasteiger partial charge in [-0.2, -0.15) is 13.2 Å².